The third kappa shape index (κ3) is 2.10. The molecule has 1 saturated heterocycles. The van der Waals surface area contributed by atoms with Crippen molar-refractivity contribution in [3.8, 4) is 0 Å². The quantitative estimate of drug-likeness (QED) is 0.744. The lowest BCUT2D eigenvalue weighted by Gasteiger charge is -2.23. The Labute approximate surface area is 100 Å². The summed E-state index contributed by atoms with van der Waals surface area (Å²) in [6.07, 6.45) is 5.03. The van der Waals surface area contributed by atoms with Gasteiger partial charge in [-0.1, -0.05) is 0 Å². The summed E-state index contributed by atoms with van der Waals surface area (Å²) < 4.78 is 7.42. The van der Waals surface area contributed by atoms with Crippen molar-refractivity contribution in [3.63, 3.8) is 0 Å². The number of anilines is 1. The fraction of sp³-hybridized carbons (Fsp3) is 0.500. The summed E-state index contributed by atoms with van der Waals surface area (Å²) in [7, 11) is 0. The number of aromatic nitrogens is 3. The minimum absolute atomic E-state index is 0.264. The molecule has 2 aromatic rings. The first-order chi connectivity index (χ1) is 8.33. The Balaban J connectivity index is 1.90. The van der Waals surface area contributed by atoms with Crippen molar-refractivity contribution in [3.05, 3.63) is 24.5 Å². The highest BCUT2D eigenvalue weighted by Crippen LogP contribution is 2.15. The molecule has 2 aromatic heterocycles. The largest absolute Gasteiger partial charge is 0.377 e. The first-order valence-electron chi connectivity index (χ1n) is 6.00. The third-order valence-electron chi connectivity index (χ3n) is 3.02. The molecule has 0 radical (unpaired) electrons. The third-order valence-corrected chi connectivity index (χ3v) is 3.02. The van der Waals surface area contributed by atoms with Gasteiger partial charge in [0.05, 0.1) is 12.3 Å². The average molecular weight is 232 g/mol. The molecule has 0 unspecified atom stereocenters. The summed E-state index contributed by atoms with van der Waals surface area (Å²) in [5.74, 6) is 1.01. The van der Waals surface area contributed by atoms with Crippen LogP contribution in [0.5, 0.6) is 0 Å². The van der Waals surface area contributed by atoms with Crippen LogP contribution in [0.15, 0.2) is 24.5 Å². The van der Waals surface area contributed by atoms with Gasteiger partial charge in [0.25, 0.3) is 0 Å². The highest BCUT2D eigenvalue weighted by Gasteiger charge is 2.16. The summed E-state index contributed by atoms with van der Waals surface area (Å²) in [5, 5.41) is 4.15. The molecule has 0 spiro atoms. The summed E-state index contributed by atoms with van der Waals surface area (Å²) in [6.45, 7) is 4.85. The van der Waals surface area contributed by atoms with E-state index in [1.807, 2.05) is 18.3 Å². The maximum Gasteiger partial charge on any atom is 0.157 e. The molecule has 0 N–H and O–H groups in total. The zero-order valence-corrected chi connectivity index (χ0v) is 9.91. The first-order valence-corrected chi connectivity index (χ1v) is 6.00. The monoisotopic (exact) mass is 232 g/mol. The van der Waals surface area contributed by atoms with Gasteiger partial charge in [0.2, 0.25) is 0 Å². The van der Waals surface area contributed by atoms with Gasteiger partial charge in [-0.2, -0.15) is 5.10 Å². The Bertz CT molecular complexity index is 510. The smallest absolute Gasteiger partial charge is 0.157 e. The maximum atomic E-state index is 5.64. The zero-order chi connectivity index (χ0) is 11.7. The first kappa shape index (κ1) is 10.5. The van der Waals surface area contributed by atoms with E-state index in [4.69, 9.17) is 4.74 Å². The van der Waals surface area contributed by atoms with Gasteiger partial charge in [0.15, 0.2) is 5.65 Å². The Kier molecular flexibility index (Phi) is 2.68. The summed E-state index contributed by atoms with van der Waals surface area (Å²) in [5.41, 5.74) is 0.889. The molecule has 1 aliphatic rings. The van der Waals surface area contributed by atoms with Gasteiger partial charge in [0.1, 0.15) is 5.82 Å². The van der Waals surface area contributed by atoms with Crippen LogP contribution in [-0.4, -0.2) is 40.4 Å². The van der Waals surface area contributed by atoms with Gasteiger partial charge in [-0.15, -0.1) is 0 Å². The van der Waals surface area contributed by atoms with E-state index in [1.54, 1.807) is 10.7 Å². The molecule has 90 valence electrons. The molecule has 0 saturated carbocycles. The molecule has 1 aliphatic heterocycles. The fourth-order valence-corrected chi connectivity index (χ4v) is 2.18. The van der Waals surface area contributed by atoms with E-state index in [1.165, 1.54) is 0 Å². The number of ether oxygens (including phenoxy) is 1. The van der Waals surface area contributed by atoms with Crippen molar-refractivity contribution in [1.29, 1.82) is 0 Å². The molecule has 17 heavy (non-hydrogen) atoms. The van der Waals surface area contributed by atoms with E-state index in [2.05, 4.69) is 21.9 Å². The van der Waals surface area contributed by atoms with Crippen LogP contribution in [0.4, 0.5) is 5.82 Å². The lowest BCUT2D eigenvalue weighted by Crippen LogP contribution is -2.30. The minimum atomic E-state index is 0.264. The summed E-state index contributed by atoms with van der Waals surface area (Å²) in [6, 6.07) is 3.93. The second kappa shape index (κ2) is 4.33. The van der Waals surface area contributed by atoms with Crippen LogP contribution < -0.4 is 4.90 Å². The van der Waals surface area contributed by atoms with E-state index in [0.29, 0.717) is 0 Å². The Morgan fingerprint density at radius 3 is 3.29 bits per heavy atom. The predicted molar refractivity (Wildman–Crippen MR) is 65.2 cm³/mol. The van der Waals surface area contributed by atoms with Gasteiger partial charge >= 0.3 is 0 Å². The highest BCUT2D eigenvalue weighted by molar-refractivity contribution is 5.47. The van der Waals surface area contributed by atoms with E-state index >= 15 is 0 Å². The average Bonchev–Trinajstić information content (AvgIpc) is 2.69. The predicted octanol–water partition coefficient (Wildman–Crippen LogP) is 1.34. The van der Waals surface area contributed by atoms with E-state index in [-0.39, 0.29) is 6.10 Å². The molecule has 5 heteroatoms. The minimum Gasteiger partial charge on any atom is -0.377 e. The van der Waals surface area contributed by atoms with Crippen molar-refractivity contribution in [2.24, 2.45) is 0 Å². The molecule has 5 nitrogen and oxygen atoms in total. The lowest BCUT2D eigenvalue weighted by atomic mass is 10.3. The standard InChI is InChI=1S/C12H16N4O/c1-10-9-15(6-2-8-17-10)11-4-7-16-12(14-11)3-5-13-16/h3-5,7,10H,2,6,8-9H2,1H3/t10-/m1/s1. The Morgan fingerprint density at radius 1 is 1.41 bits per heavy atom. The van der Waals surface area contributed by atoms with Crippen LogP contribution in [-0.2, 0) is 4.74 Å². The van der Waals surface area contributed by atoms with Crippen LogP contribution in [0.2, 0.25) is 0 Å². The molecule has 0 amide bonds. The lowest BCUT2D eigenvalue weighted by molar-refractivity contribution is 0.0820. The van der Waals surface area contributed by atoms with Gasteiger partial charge < -0.3 is 9.64 Å². The molecule has 0 aliphatic carbocycles. The second-order valence-electron chi connectivity index (χ2n) is 4.40. The van der Waals surface area contributed by atoms with Gasteiger partial charge in [-0.3, -0.25) is 0 Å². The van der Waals surface area contributed by atoms with Gasteiger partial charge in [-0.25, -0.2) is 9.50 Å². The molecule has 1 fully saturated rings. The van der Waals surface area contributed by atoms with E-state index < -0.39 is 0 Å². The highest BCUT2D eigenvalue weighted by atomic mass is 16.5. The molecular formula is C12H16N4O. The second-order valence-corrected chi connectivity index (χ2v) is 4.40. The molecular weight excluding hydrogens is 216 g/mol. The molecule has 3 heterocycles. The topological polar surface area (TPSA) is 42.7 Å². The van der Waals surface area contributed by atoms with Crippen molar-refractivity contribution in [2.45, 2.75) is 19.4 Å². The number of hydrogen-bond donors (Lipinski definition) is 0. The zero-order valence-electron chi connectivity index (χ0n) is 9.91. The summed E-state index contributed by atoms with van der Waals surface area (Å²) >= 11 is 0. The van der Waals surface area contributed by atoms with Crippen LogP contribution >= 0.6 is 0 Å². The van der Waals surface area contributed by atoms with Gasteiger partial charge in [0, 0.05) is 32.0 Å². The number of rotatable bonds is 1. The van der Waals surface area contributed by atoms with E-state index in [0.717, 1.165) is 37.6 Å². The fourth-order valence-electron chi connectivity index (χ4n) is 2.18. The Hall–Kier alpha value is -1.62. The van der Waals surface area contributed by atoms with Crippen LogP contribution in [0.1, 0.15) is 13.3 Å². The van der Waals surface area contributed by atoms with Crippen LogP contribution in [0.25, 0.3) is 5.65 Å². The van der Waals surface area contributed by atoms with Crippen molar-refractivity contribution in [2.75, 3.05) is 24.6 Å². The number of fused-ring (bicyclic) bond motifs is 1. The van der Waals surface area contributed by atoms with Crippen LogP contribution in [0.3, 0.4) is 0 Å². The normalized spacial score (nSPS) is 21.7. The van der Waals surface area contributed by atoms with E-state index in [9.17, 15) is 0 Å². The Morgan fingerprint density at radius 2 is 2.35 bits per heavy atom. The molecule has 0 bridgehead atoms. The number of hydrogen-bond acceptors (Lipinski definition) is 4. The SMILES string of the molecule is C[C@@H]1CN(c2ccn3nccc3n2)CCCO1. The van der Waals surface area contributed by atoms with Crippen molar-refractivity contribution >= 4 is 11.5 Å². The van der Waals surface area contributed by atoms with Crippen LogP contribution in [0, 0.1) is 0 Å². The molecule has 3 rings (SSSR count). The van der Waals surface area contributed by atoms with Gasteiger partial charge in [-0.05, 0) is 19.4 Å². The number of nitrogens with zero attached hydrogens (tertiary/aromatic N) is 4. The maximum absolute atomic E-state index is 5.64. The molecule has 1 atom stereocenters. The molecule has 0 aromatic carbocycles. The van der Waals surface area contributed by atoms with Crippen molar-refractivity contribution < 1.29 is 4.74 Å². The summed E-state index contributed by atoms with van der Waals surface area (Å²) in [4.78, 5) is 6.89. The van der Waals surface area contributed by atoms with Crippen molar-refractivity contribution in [1.82, 2.24) is 14.6 Å².